The zero-order valence-corrected chi connectivity index (χ0v) is 20.3. The van der Waals surface area contributed by atoms with E-state index in [2.05, 4.69) is 121 Å². The number of benzene rings is 2. The van der Waals surface area contributed by atoms with E-state index in [0.29, 0.717) is 17.8 Å². The zero-order valence-electron chi connectivity index (χ0n) is 20.3. The van der Waals surface area contributed by atoms with Crippen LogP contribution in [0, 0.1) is 17.8 Å². The van der Waals surface area contributed by atoms with Gasteiger partial charge in [0.1, 0.15) is 0 Å². The summed E-state index contributed by atoms with van der Waals surface area (Å²) in [4.78, 5) is 0. The fourth-order valence-electron chi connectivity index (χ4n) is 6.14. The maximum atomic E-state index is 5.17. The molecule has 0 radical (unpaired) electrons. The first-order valence-corrected chi connectivity index (χ1v) is 12.8. The first kappa shape index (κ1) is 21.1. The molecule has 4 atom stereocenters. The Kier molecular flexibility index (Phi) is 4.98. The normalized spacial score (nSPS) is 24.2. The van der Waals surface area contributed by atoms with Crippen molar-refractivity contribution < 1.29 is 0 Å². The monoisotopic (exact) mass is 468 g/mol. The predicted molar refractivity (Wildman–Crippen MR) is 145 cm³/mol. The zero-order chi connectivity index (χ0) is 24.1. The standard InChI is InChI=1S/C32H28N4/c1-22-20-29(26-15-9-16-27(26)31-18-19-35(33-31)23-10-4-2-5-11-23)30-21-36(24-12-6-3-7-13-24)34-32(30)28-17-8-14-25(22)28/h2-19,21-22,25-26,29H,20H2,1H3/t22-,25?,26+,29+/m0/s1. The molecule has 36 heavy (non-hydrogen) atoms. The second-order valence-corrected chi connectivity index (χ2v) is 10.1. The molecule has 3 aliphatic carbocycles. The highest BCUT2D eigenvalue weighted by atomic mass is 15.3. The summed E-state index contributed by atoms with van der Waals surface area (Å²) in [5, 5.41) is 10.1. The van der Waals surface area contributed by atoms with Gasteiger partial charge in [-0.25, -0.2) is 9.36 Å². The Morgan fingerprint density at radius 3 is 2.14 bits per heavy atom. The van der Waals surface area contributed by atoms with E-state index in [9.17, 15) is 0 Å². The molecule has 0 bridgehead atoms. The van der Waals surface area contributed by atoms with Gasteiger partial charge < -0.3 is 0 Å². The summed E-state index contributed by atoms with van der Waals surface area (Å²) in [5.74, 6) is 1.56. The van der Waals surface area contributed by atoms with Crippen molar-refractivity contribution in [2.24, 2.45) is 17.8 Å². The molecule has 0 aliphatic heterocycles. The maximum absolute atomic E-state index is 5.17. The van der Waals surface area contributed by atoms with Gasteiger partial charge in [0, 0.05) is 29.8 Å². The fraction of sp³-hybridized carbons (Fsp3) is 0.188. The van der Waals surface area contributed by atoms with Crippen LogP contribution < -0.4 is 0 Å². The van der Waals surface area contributed by atoms with Gasteiger partial charge in [-0.3, -0.25) is 0 Å². The molecule has 0 saturated heterocycles. The van der Waals surface area contributed by atoms with Crippen molar-refractivity contribution in [3.63, 3.8) is 0 Å². The Labute approximate surface area is 211 Å². The minimum atomic E-state index is 0.266. The van der Waals surface area contributed by atoms with Gasteiger partial charge in [0.2, 0.25) is 0 Å². The molecular formula is C32H28N4. The van der Waals surface area contributed by atoms with Gasteiger partial charge in [0.05, 0.1) is 22.8 Å². The largest absolute Gasteiger partial charge is 0.240 e. The van der Waals surface area contributed by atoms with Crippen molar-refractivity contribution in [1.82, 2.24) is 19.6 Å². The van der Waals surface area contributed by atoms with Crippen LogP contribution >= 0.6 is 0 Å². The third kappa shape index (κ3) is 3.44. The number of aromatic nitrogens is 4. The first-order valence-electron chi connectivity index (χ1n) is 12.8. The molecule has 0 fully saturated rings. The van der Waals surface area contributed by atoms with Crippen molar-refractivity contribution in [2.75, 3.05) is 0 Å². The Balaban J connectivity index is 1.30. The molecule has 0 saturated carbocycles. The van der Waals surface area contributed by atoms with E-state index in [1.54, 1.807) is 0 Å². The van der Waals surface area contributed by atoms with Crippen molar-refractivity contribution in [2.45, 2.75) is 19.3 Å². The molecule has 4 aromatic rings. The summed E-state index contributed by atoms with van der Waals surface area (Å²) >= 11 is 0. The summed E-state index contributed by atoms with van der Waals surface area (Å²) in [6.45, 7) is 2.39. The van der Waals surface area contributed by atoms with Crippen LogP contribution in [0.5, 0.6) is 0 Å². The molecule has 1 unspecified atom stereocenters. The number of hydrogen-bond donors (Lipinski definition) is 0. The van der Waals surface area contributed by atoms with Gasteiger partial charge in [0.15, 0.2) is 0 Å². The lowest BCUT2D eigenvalue weighted by atomic mass is 9.77. The molecule has 2 aromatic heterocycles. The lowest BCUT2D eigenvalue weighted by Gasteiger charge is -2.26. The minimum absolute atomic E-state index is 0.266. The number of fused-ring (bicyclic) bond motifs is 3. The summed E-state index contributed by atoms with van der Waals surface area (Å²) in [6, 6.07) is 22.9. The van der Waals surface area contributed by atoms with Crippen LogP contribution in [0.25, 0.3) is 22.5 Å². The molecule has 4 nitrogen and oxygen atoms in total. The molecule has 176 valence electrons. The SMILES string of the molecule is C[C@H]1C[C@H]([C@@H]2C=CC=C2c2ccn(-c3ccccc3)n2)c2cn(-c3ccccc3)nc2C2=CC=CC21. The Bertz CT molecular complexity index is 1530. The summed E-state index contributed by atoms with van der Waals surface area (Å²) in [6.07, 6.45) is 19.1. The van der Waals surface area contributed by atoms with E-state index in [-0.39, 0.29) is 5.92 Å². The third-order valence-electron chi connectivity index (χ3n) is 7.92. The lowest BCUT2D eigenvalue weighted by Crippen LogP contribution is -2.16. The second kappa shape index (κ2) is 8.49. The molecule has 3 aliphatic rings. The summed E-state index contributed by atoms with van der Waals surface area (Å²) < 4.78 is 4.04. The molecular weight excluding hydrogens is 440 g/mol. The van der Waals surface area contributed by atoms with Gasteiger partial charge in [-0.2, -0.15) is 10.2 Å². The van der Waals surface area contributed by atoms with Crippen LogP contribution in [0.2, 0.25) is 0 Å². The van der Waals surface area contributed by atoms with E-state index in [0.717, 1.165) is 29.2 Å². The number of para-hydroxylation sites is 2. The third-order valence-corrected chi connectivity index (χ3v) is 7.92. The summed E-state index contributed by atoms with van der Waals surface area (Å²) in [5.41, 5.74) is 8.35. The minimum Gasteiger partial charge on any atom is -0.240 e. The lowest BCUT2D eigenvalue weighted by molar-refractivity contribution is 0.410. The number of allylic oxidation sites excluding steroid dienone is 8. The molecule has 2 heterocycles. The fourth-order valence-corrected chi connectivity index (χ4v) is 6.14. The van der Waals surface area contributed by atoms with E-state index in [1.165, 1.54) is 16.7 Å². The highest BCUT2D eigenvalue weighted by Gasteiger charge is 2.39. The second-order valence-electron chi connectivity index (χ2n) is 10.1. The van der Waals surface area contributed by atoms with E-state index in [1.807, 2.05) is 10.7 Å². The molecule has 4 heteroatoms. The highest BCUT2D eigenvalue weighted by molar-refractivity contribution is 5.77. The average molecular weight is 469 g/mol. The van der Waals surface area contributed by atoms with Crippen molar-refractivity contribution in [3.05, 3.63) is 133 Å². The van der Waals surface area contributed by atoms with Crippen LogP contribution in [-0.2, 0) is 0 Å². The van der Waals surface area contributed by atoms with Gasteiger partial charge >= 0.3 is 0 Å². The molecule has 7 rings (SSSR count). The maximum Gasteiger partial charge on any atom is 0.0928 e. The van der Waals surface area contributed by atoms with Crippen LogP contribution in [0.1, 0.15) is 36.2 Å². The number of nitrogens with zero attached hydrogens (tertiary/aromatic N) is 4. The molecule has 0 N–H and O–H groups in total. The highest BCUT2D eigenvalue weighted by Crippen LogP contribution is 2.51. The van der Waals surface area contributed by atoms with Gasteiger partial charge in [0.25, 0.3) is 0 Å². The first-order chi connectivity index (χ1) is 17.8. The van der Waals surface area contributed by atoms with Gasteiger partial charge in [-0.05, 0) is 59.7 Å². The van der Waals surface area contributed by atoms with Gasteiger partial charge in [-0.1, -0.05) is 79.8 Å². The van der Waals surface area contributed by atoms with Crippen LogP contribution in [0.4, 0.5) is 0 Å². The van der Waals surface area contributed by atoms with Gasteiger partial charge in [-0.15, -0.1) is 0 Å². The Hall–Kier alpha value is -4.18. The Morgan fingerprint density at radius 2 is 1.39 bits per heavy atom. The van der Waals surface area contributed by atoms with Crippen molar-refractivity contribution in [3.8, 4) is 11.4 Å². The van der Waals surface area contributed by atoms with E-state index < -0.39 is 0 Å². The predicted octanol–water partition coefficient (Wildman–Crippen LogP) is 7.02. The average Bonchev–Trinajstić information content (AvgIpc) is 3.73. The molecule has 0 spiro atoms. The molecule has 2 aromatic carbocycles. The smallest absolute Gasteiger partial charge is 0.0928 e. The topological polar surface area (TPSA) is 35.6 Å². The number of hydrogen-bond acceptors (Lipinski definition) is 2. The van der Waals surface area contributed by atoms with Crippen LogP contribution in [0.3, 0.4) is 0 Å². The quantitative estimate of drug-likeness (QED) is 0.323. The van der Waals surface area contributed by atoms with E-state index in [4.69, 9.17) is 10.2 Å². The van der Waals surface area contributed by atoms with Crippen LogP contribution in [0.15, 0.2) is 116 Å². The van der Waals surface area contributed by atoms with Crippen molar-refractivity contribution in [1.29, 1.82) is 0 Å². The Morgan fingerprint density at radius 1 is 0.722 bits per heavy atom. The van der Waals surface area contributed by atoms with Crippen molar-refractivity contribution >= 4 is 11.1 Å². The van der Waals surface area contributed by atoms with E-state index >= 15 is 0 Å². The van der Waals surface area contributed by atoms with Crippen LogP contribution in [-0.4, -0.2) is 19.6 Å². The summed E-state index contributed by atoms with van der Waals surface area (Å²) in [7, 11) is 0. The number of rotatable bonds is 4. The molecule has 0 amide bonds.